The van der Waals surface area contributed by atoms with Crippen LogP contribution in [0.2, 0.25) is 0 Å². The maximum Gasteiger partial charge on any atom is 3.00 e. The van der Waals surface area contributed by atoms with Gasteiger partial charge in [0.2, 0.25) is 41.4 Å². The molecule has 2 saturated heterocycles. The Morgan fingerprint density at radius 1 is 0.842 bits per heavy atom. The second-order valence-electron chi connectivity index (χ2n) is 27.2. The third-order valence-electron chi connectivity index (χ3n) is 20.6. The van der Waals surface area contributed by atoms with Crippen LogP contribution in [0.4, 0.5) is 0 Å². The number of phosphoric ester groups is 1. The molecule has 516 valence electrons. The van der Waals surface area contributed by atoms with Crippen molar-refractivity contribution in [3.8, 4) is 0 Å². The Morgan fingerprint density at radius 2 is 1.43 bits per heavy atom. The van der Waals surface area contributed by atoms with Crippen LogP contribution in [-0.4, -0.2) is 122 Å². The molecule has 32 heteroatoms. The number of phosphoric acid groups is 1. The van der Waals surface area contributed by atoms with Crippen LogP contribution in [0, 0.1) is 71.0 Å². The number of fused-ring (bicyclic) bond motifs is 7. The molecule has 95 heavy (non-hydrogen) atoms. The Labute approximate surface area is 561 Å². The van der Waals surface area contributed by atoms with Gasteiger partial charge in [0.25, 0.3) is 7.82 Å². The number of amides is 7. The van der Waals surface area contributed by atoms with Crippen molar-refractivity contribution in [3.63, 3.8) is 0 Å². The topological polar surface area (TPSA) is 517 Å². The van der Waals surface area contributed by atoms with Crippen LogP contribution in [0.15, 0.2) is 72.9 Å². The van der Waals surface area contributed by atoms with Crippen LogP contribution in [-0.2, 0) is 68.7 Å². The summed E-state index contributed by atoms with van der Waals surface area (Å²) in [4.78, 5) is 131. The van der Waals surface area contributed by atoms with E-state index in [2.05, 4.69) is 20.3 Å². The predicted octanol–water partition coefficient (Wildman–Crippen LogP) is 4.73. The zero-order chi connectivity index (χ0) is 70.1. The Hall–Kier alpha value is -7.65. The summed E-state index contributed by atoms with van der Waals surface area (Å²) >= 11 is 0. The van der Waals surface area contributed by atoms with E-state index >= 15 is 0 Å². The maximum atomic E-state index is 14.4. The van der Waals surface area contributed by atoms with Crippen molar-refractivity contribution in [1.82, 2.24) is 14.9 Å². The number of allylic oxidation sites excluding steroid dienone is 6. The average Bonchev–Trinajstić information content (AvgIpc) is 1.53. The number of hydrogen-bond acceptors (Lipinski definition) is 19. The molecule has 1 aromatic heterocycles. The van der Waals surface area contributed by atoms with Gasteiger partial charge in [-0.15, -0.1) is 0 Å². The van der Waals surface area contributed by atoms with Crippen molar-refractivity contribution in [2.75, 3.05) is 13.1 Å². The van der Waals surface area contributed by atoms with E-state index in [0.29, 0.717) is 56.4 Å². The molecular weight excluding hydrogens is 1290 g/mol. The molecule has 6 aliphatic rings. The Morgan fingerprint density at radius 3 is 2.01 bits per heavy atom. The number of aromatic nitrogens is 2. The smallest absolute Gasteiger partial charge is 0.756 e. The summed E-state index contributed by atoms with van der Waals surface area (Å²) in [7, 11) is -5.36. The van der Waals surface area contributed by atoms with Crippen molar-refractivity contribution in [2.24, 2.45) is 99.8 Å². The number of ether oxygens (including phenoxy) is 1. The van der Waals surface area contributed by atoms with E-state index in [1.807, 2.05) is 73.6 Å². The standard InChI is InChI=1S/C62H89N16O13P.CN.Co/c1-29-20-39-40(21-30(29)2)78(28-71-39)57-52(86)53(41(89-57)27-72-77-69)91-92(87,88)90-31(3)26-70-49(85)18-19-59(8)37(22-46(66)82)56-62(11)61(10,25-48(68)84)36(14-17-45(65)81)51(76-62)33(5)55-60(9,24-47(67)83)34(12-15-43(63)79)38(73-55)23-42-58(6,7)35(13-16-44(64)80)50(74-42)32(4)54(59)75-56;1-2;/h20-21,23,28,31,34-37,41,52-53,56-57,86H,12-19,22,24-27H2,1-11H3,(H15,63,64,65,66,67,68,70,73,74,75,76,79,80,81,82,83,84,85,87,88);;/q;-1;+3/p-2/t31-,34-,35-,36-,37+,41-,52-,53-,56-,57+,59-,60+,61+,62+;;/m1../s1. The molecule has 15 atom stereocenters. The average molecular weight is 1380 g/mol. The largest absolute Gasteiger partial charge is 3.00 e. The number of nitrogens with zero attached hydrogens (tertiary/aromatic N) is 10. The summed E-state index contributed by atoms with van der Waals surface area (Å²) in [6, 6.07) is 2.63. The number of rotatable bonds is 27. The Bertz CT molecular complexity index is 3740. The van der Waals surface area contributed by atoms with Gasteiger partial charge in [-0.3, -0.25) is 53.1 Å². The van der Waals surface area contributed by atoms with Gasteiger partial charge >= 0.3 is 16.8 Å². The molecule has 8 bridgehead atoms. The van der Waals surface area contributed by atoms with E-state index in [4.69, 9.17) is 80.3 Å². The number of nitrogens with two attached hydrogens (primary N) is 6. The first kappa shape index (κ1) is 76.4. The van der Waals surface area contributed by atoms with Crippen molar-refractivity contribution in [2.45, 2.75) is 189 Å². The van der Waals surface area contributed by atoms with Gasteiger partial charge in [-0.2, -0.15) is 5.70 Å². The van der Waals surface area contributed by atoms with Crippen LogP contribution in [0.1, 0.15) is 150 Å². The van der Waals surface area contributed by atoms with Crippen LogP contribution >= 0.6 is 7.82 Å². The van der Waals surface area contributed by atoms with Gasteiger partial charge in [0.05, 0.1) is 47.3 Å². The summed E-state index contributed by atoms with van der Waals surface area (Å²) in [5.41, 5.74) is 45.7. The number of aryl methyl sites for hydroxylation is 2. The molecule has 0 aliphatic carbocycles. The molecule has 14 N–H and O–H groups in total. The number of aliphatic hydroxyl groups excluding tert-OH is 1. The van der Waals surface area contributed by atoms with Gasteiger partial charge in [-0.1, -0.05) is 45.8 Å². The molecule has 0 saturated carbocycles. The minimum Gasteiger partial charge on any atom is -0.756 e. The van der Waals surface area contributed by atoms with Gasteiger partial charge in [0, 0.05) is 113 Å². The Balaban J connectivity index is 0.00000472. The number of hydrogen-bond donors (Lipinski definition) is 8. The number of primary amides is 6. The molecular formula is C63H87CoN17O13P. The van der Waals surface area contributed by atoms with Gasteiger partial charge in [0.15, 0.2) is 6.23 Å². The van der Waals surface area contributed by atoms with Gasteiger partial charge in [0.1, 0.15) is 12.2 Å². The van der Waals surface area contributed by atoms with E-state index in [0.717, 1.165) is 11.1 Å². The minimum absolute atomic E-state index is 0. The first-order chi connectivity index (χ1) is 43.8. The van der Waals surface area contributed by atoms with Crippen molar-refractivity contribution in [1.29, 1.82) is 5.26 Å². The molecule has 2 fully saturated rings. The van der Waals surface area contributed by atoms with Crippen LogP contribution in [0.5, 0.6) is 0 Å². The number of aliphatic hydroxyl groups is 1. The molecule has 0 radical (unpaired) electrons. The zero-order valence-electron chi connectivity index (χ0n) is 55.3. The maximum absolute atomic E-state index is 14.4. The van der Waals surface area contributed by atoms with E-state index in [1.165, 1.54) is 17.8 Å². The van der Waals surface area contributed by atoms with Crippen molar-refractivity contribution < 1.29 is 78.7 Å². The molecule has 1 unspecified atom stereocenters. The summed E-state index contributed by atoms with van der Waals surface area (Å²) in [6.45, 7) is 24.0. The summed E-state index contributed by atoms with van der Waals surface area (Å²) in [5, 5.41) is 29.8. The van der Waals surface area contributed by atoms with Crippen LogP contribution < -0.4 is 44.6 Å². The first-order valence-electron chi connectivity index (χ1n) is 31.1. The zero-order valence-corrected chi connectivity index (χ0v) is 57.3. The number of nitrogens with one attached hydrogen (secondary N) is 1. The molecule has 7 amide bonds. The Kier molecular flexibility index (Phi) is 23.6. The number of azide groups is 1. The van der Waals surface area contributed by atoms with Crippen molar-refractivity contribution >= 4 is 77.3 Å². The number of imidazole rings is 1. The first-order valence-corrected chi connectivity index (χ1v) is 32.6. The second-order valence-corrected chi connectivity index (χ2v) is 28.5. The fourth-order valence-corrected chi connectivity index (χ4v) is 16.6. The number of aliphatic imine (C=N–C) groups is 3. The monoisotopic (exact) mass is 1380 g/mol. The second kappa shape index (κ2) is 29.4. The van der Waals surface area contributed by atoms with Crippen LogP contribution in [0.25, 0.3) is 26.8 Å². The number of carbonyl (C=O) groups excluding carboxylic acids is 7. The number of carbonyl (C=O) groups is 7. The molecule has 8 rings (SSSR count). The quantitative estimate of drug-likeness (QED) is 0.0197. The molecule has 7 heterocycles. The van der Waals surface area contributed by atoms with E-state index in [9.17, 15) is 53.7 Å². The van der Waals surface area contributed by atoms with Crippen LogP contribution in [0.3, 0.4) is 0 Å². The molecule has 0 spiro atoms. The van der Waals surface area contributed by atoms with Gasteiger partial charge < -0.3 is 85.2 Å². The minimum atomic E-state index is -5.36. The SMILES string of the molecule is C/C1=C2/[N-][C@H]([C@H](CC(N)=O)[C@@]2(C)CCC(=O)NC[C@@H](C)OP(=O)([O-])O[C@H]2[C@@H](O)[C@@H](n3cnc4cc(C)c(C)cc43)O[C@@H]2CN=[N+]=[N-])[C@]2(C)N=C(/C(C)=C3N=C(/C=C4N=C1[C@@H](CCC(N)=O)C\4(C)C)[C@@H](CCC(N)=O)[C@]\3(C)CC(N)=O)[C@@H](CCC(N)=O)[C@]2(C)CC(N)=O.[C-]#N.[Co+3]. The molecule has 6 aliphatic heterocycles. The third kappa shape index (κ3) is 15.2. The van der Waals surface area contributed by atoms with E-state index in [1.54, 1.807) is 13.8 Å². The molecule has 2 aromatic rings. The summed E-state index contributed by atoms with van der Waals surface area (Å²) < 4.78 is 32.3. The van der Waals surface area contributed by atoms with Gasteiger partial charge in [-0.05, 0) is 125 Å². The number of benzene rings is 1. The third-order valence-corrected chi connectivity index (χ3v) is 21.7. The summed E-state index contributed by atoms with van der Waals surface area (Å²) in [6.07, 6.45) is -4.89. The van der Waals surface area contributed by atoms with E-state index < -0.39 is 143 Å². The summed E-state index contributed by atoms with van der Waals surface area (Å²) in [5.74, 6) is -7.47. The van der Waals surface area contributed by atoms with Crippen molar-refractivity contribution in [3.05, 3.63) is 86.2 Å². The molecule has 30 nitrogen and oxygen atoms in total. The fraction of sp³-hybridized carbons (Fsp3) is 0.619. The normalized spacial score (nSPS) is 32.6. The predicted molar refractivity (Wildman–Crippen MR) is 343 cm³/mol. The van der Waals surface area contributed by atoms with Gasteiger partial charge in [-0.25, -0.2) is 4.98 Å². The fourth-order valence-electron chi connectivity index (χ4n) is 15.4. The molecule has 1 aromatic carbocycles. The van der Waals surface area contributed by atoms with E-state index in [-0.39, 0.29) is 94.0 Å².